The number of benzene rings is 2. The Bertz CT molecular complexity index is 1130. The number of ether oxygens (including phenoxy) is 1. The van der Waals surface area contributed by atoms with E-state index in [0.717, 1.165) is 0 Å². The number of hydrogen-bond acceptors (Lipinski definition) is 5. The second kappa shape index (κ2) is 9.39. The van der Waals surface area contributed by atoms with Gasteiger partial charge in [0.15, 0.2) is 0 Å². The SMILES string of the molecule is CC(C)(C)OC(=O)CCCCc1nc2cc(CO)ccc2c(=O)n1-c1ccc(F)cc1. The second-order valence-corrected chi connectivity index (χ2v) is 8.45. The van der Waals surface area contributed by atoms with E-state index in [1.807, 2.05) is 20.8 Å². The Morgan fingerprint density at radius 2 is 1.84 bits per heavy atom. The minimum Gasteiger partial charge on any atom is -0.460 e. The molecule has 31 heavy (non-hydrogen) atoms. The number of halogens is 1. The van der Waals surface area contributed by atoms with Crippen LogP contribution in [0.3, 0.4) is 0 Å². The molecule has 0 aliphatic rings. The summed E-state index contributed by atoms with van der Waals surface area (Å²) in [6.07, 6.45) is 1.94. The molecule has 0 saturated heterocycles. The zero-order valence-electron chi connectivity index (χ0n) is 18.0. The van der Waals surface area contributed by atoms with Crippen LogP contribution in [-0.4, -0.2) is 26.2 Å². The molecule has 1 N–H and O–H groups in total. The lowest BCUT2D eigenvalue weighted by Gasteiger charge is -2.19. The van der Waals surface area contributed by atoms with Crippen molar-refractivity contribution in [3.05, 3.63) is 70.0 Å². The number of unbranched alkanes of at least 4 members (excludes halogenated alkanes) is 1. The van der Waals surface area contributed by atoms with Crippen molar-refractivity contribution >= 4 is 16.9 Å². The van der Waals surface area contributed by atoms with Crippen LogP contribution in [0.15, 0.2) is 47.3 Å². The number of aliphatic hydroxyl groups is 1. The fraction of sp³-hybridized carbons (Fsp3) is 0.375. The average molecular weight is 426 g/mol. The summed E-state index contributed by atoms with van der Waals surface area (Å²) < 4.78 is 20.2. The van der Waals surface area contributed by atoms with E-state index in [9.17, 15) is 19.1 Å². The maximum absolute atomic E-state index is 13.4. The van der Waals surface area contributed by atoms with Crippen LogP contribution in [0.1, 0.15) is 51.4 Å². The highest BCUT2D eigenvalue weighted by Crippen LogP contribution is 2.18. The molecule has 3 rings (SSSR count). The van der Waals surface area contributed by atoms with E-state index >= 15 is 0 Å². The van der Waals surface area contributed by atoms with Gasteiger partial charge in [0.2, 0.25) is 0 Å². The van der Waals surface area contributed by atoms with Crippen LogP contribution in [0, 0.1) is 5.82 Å². The summed E-state index contributed by atoms with van der Waals surface area (Å²) in [5.74, 6) is -0.136. The lowest BCUT2D eigenvalue weighted by molar-refractivity contribution is -0.154. The van der Waals surface area contributed by atoms with E-state index < -0.39 is 11.4 Å². The summed E-state index contributed by atoms with van der Waals surface area (Å²) in [5.41, 5.74) is 0.897. The molecule has 0 fully saturated rings. The number of esters is 1. The van der Waals surface area contributed by atoms with Crippen LogP contribution < -0.4 is 5.56 Å². The minimum absolute atomic E-state index is 0.149. The van der Waals surface area contributed by atoms with E-state index in [1.165, 1.54) is 28.8 Å². The zero-order chi connectivity index (χ0) is 22.6. The Morgan fingerprint density at radius 3 is 2.48 bits per heavy atom. The summed E-state index contributed by atoms with van der Waals surface area (Å²) >= 11 is 0. The largest absolute Gasteiger partial charge is 0.460 e. The van der Waals surface area contributed by atoms with Crippen molar-refractivity contribution in [1.82, 2.24) is 9.55 Å². The van der Waals surface area contributed by atoms with Gasteiger partial charge >= 0.3 is 5.97 Å². The van der Waals surface area contributed by atoms with Crippen molar-refractivity contribution < 1.29 is 19.0 Å². The van der Waals surface area contributed by atoms with Gasteiger partial charge in [0, 0.05) is 12.8 Å². The van der Waals surface area contributed by atoms with Gasteiger partial charge in [0.1, 0.15) is 17.2 Å². The van der Waals surface area contributed by atoms with Crippen LogP contribution in [0.25, 0.3) is 16.6 Å². The van der Waals surface area contributed by atoms with Crippen LogP contribution in [0.5, 0.6) is 0 Å². The fourth-order valence-electron chi connectivity index (χ4n) is 3.34. The lowest BCUT2D eigenvalue weighted by atomic mass is 10.1. The van der Waals surface area contributed by atoms with Crippen LogP contribution in [0.2, 0.25) is 0 Å². The van der Waals surface area contributed by atoms with Crippen molar-refractivity contribution in [1.29, 1.82) is 0 Å². The number of nitrogens with zero attached hydrogens (tertiary/aromatic N) is 2. The molecule has 1 aromatic heterocycles. The number of rotatable bonds is 7. The summed E-state index contributed by atoms with van der Waals surface area (Å²) in [5, 5.41) is 9.83. The monoisotopic (exact) mass is 426 g/mol. The molecule has 1 heterocycles. The molecular weight excluding hydrogens is 399 g/mol. The standard InChI is InChI=1S/C24H27FN2O4/c1-24(2,3)31-22(29)7-5-4-6-21-26-20-14-16(15-28)8-13-19(20)23(30)27(21)18-11-9-17(25)10-12-18/h8-14,28H,4-7,15H2,1-3H3. The second-order valence-electron chi connectivity index (χ2n) is 8.45. The highest BCUT2D eigenvalue weighted by Gasteiger charge is 2.17. The molecule has 164 valence electrons. The van der Waals surface area contributed by atoms with Gasteiger partial charge in [-0.1, -0.05) is 6.07 Å². The molecule has 7 heteroatoms. The third-order valence-corrected chi connectivity index (χ3v) is 4.72. The van der Waals surface area contributed by atoms with Gasteiger partial charge in [0.05, 0.1) is 23.2 Å². The molecule has 2 aromatic carbocycles. The Hall–Kier alpha value is -3.06. The molecule has 0 saturated carbocycles. The van der Waals surface area contributed by atoms with Gasteiger partial charge < -0.3 is 9.84 Å². The number of fused-ring (bicyclic) bond motifs is 1. The number of aromatic nitrogens is 2. The molecular formula is C24H27FN2O4. The van der Waals surface area contributed by atoms with Gasteiger partial charge in [-0.05, 0) is 75.6 Å². The number of aryl methyl sites for hydroxylation is 1. The van der Waals surface area contributed by atoms with Crippen LogP contribution >= 0.6 is 0 Å². The van der Waals surface area contributed by atoms with Gasteiger partial charge in [-0.3, -0.25) is 14.2 Å². The fourth-order valence-corrected chi connectivity index (χ4v) is 3.34. The summed E-state index contributed by atoms with van der Waals surface area (Å²) in [7, 11) is 0. The molecule has 6 nitrogen and oxygen atoms in total. The third kappa shape index (κ3) is 5.76. The normalized spacial score (nSPS) is 11.6. The lowest BCUT2D eigenvalue weighted by Crippen LogP contribution is -2.24. The van der Waals surface area contributed by atoms with Gasteiger partial charge in [-0.2, -0.15) is 0 Å². The quantitative estimate of drug-likeness (QED) is 0.455. The molecule has 0 aliphatic carbocycles. The van der Waals surface area contributed by atoms with Crippen molar-refractivity contribution in [2.75, 3.05) is 0 Å². The highest BCUT2D eigenvalue weighted by molar-refractivity contribution is 5.78. The van der Waals surface area contributed by atoms with E-state index in [0.29, 0.717) is 47.2 Å². The maximum atomic E-state index is 13.4. The number of hydrogen-bond donors (Lipinski definition) is 1. The van der Waals surface area contributed by atoms with Gasteiger partial charge in [-0.15, -0.1) is 0 Å². The number of carbonyl (C=O) groups excluding carboxylic acids is 1. The topological polar surface area (TPSA) is 81.4 Å². The summed E-state index contributed by atoms with van der Waals surface area (Å²) in [6.45, 7) is 5.33. The smallest absolute Gasteiger partial charge is 0.306 e. The van der Waals surface area contributed by atoms with Crippen LogP contribution in [0.4, 0.5) is 4.39 Å². The Morgan fingerprint density at radius 1 is 1.13 bits per heavy atom. The Kier molecular flexibility index (Phi) is 6.85. The van der Waals surface area contributed by atoms with Crippen molar-refractivity contribution in [2.45, 2.75) is 58.7 Å². The molecule has 0 bridgehead atoms. The van der Waals surface area contributed by atoms with Crippen molar-refractivity contribution in [2.24, 2.45) is 0 Å². The predicted molar refractivity (Wildman–Crippen MR) is 117 cm³/mol. The first kappa shape index (κ1) is 22.6. The molecule has 0 amide bonds. The van der Waals surface area contributed by atoms with Crippen molar-refractivity contribution in [3.8, 4) is 5.69 Å². The molecule has 0 atom stereocenters. The summed E-state index contributed by atoms with van der Waals surface area (Å²) in [4.78, 5) is 29.8. The van der Waals surface area contributed by atoms with E-state index in [4.69, 9.17) is 4.74 Å². The highest BCUT2D eigenvalue weighted by atomic mass is 19.1. The number of carbonyl (C=O) groups is 1. The van der Waals surface area contributed by atoms with E-state index in [2.05, 4.69) is 4.98 Å². The molecule has 0 spiro atoms. The van der Waals surface area contributed by atoms with Crippen molar-refractivity contribution in [3.63, 3.8) is 0 Å². The number of aliphatic hydroxyl groups excluding tert-OH is 1. The third-order valence-electron chi connectivity index (χ3n) is 4.72. The zero-order valence-corrected chi connectivity index (χ0v) is 18.0. The molecule has 0 aliphatic heterocycles. The van der Waals surface area contributed by atoms with Gasteiger partial charge in [0.25, 0.3) is 5.56 Å². The Labute approximate surface area is 180 Å². The summed E-state index contributed by atoms with van der Waals surface area (Å²) in [6, 6.07) is 10.7. The first-order valence-corrected chi connectivity index (χ1v) is 10.3. The predicted octanol–water partition coefficient (Wildman–Crippen LogP) is 4.07. The maximum Gasteiger partial charge on any atom is 0.306 e. The molecule has 0 unspecified atom stereocenters. The molecule has 0 radical (unpaired) electrons. The Balaban J connectivity index is 1.90. The molecule has 3 aromatic rings. The van der Waals surface area contributed by atoms with Crippen LogP contribution in [-0.2, 0) is 22.6 Å². The first-order valence-electron chi connectivity index (χ1n) is 10.3. The van der Waals surface area contributed by atoms with Gasteiger partial charge in [-0.25, -0.2) is 9.37 Å². The van der Waals surface area contributed by atoms with E-state index in [1.54, 1.807) is 18.2 Å². The minimum atomic E-state index is -0.523. The first-order chi connectivity index (χ1) is 14.7. The van der Waals surface area contributed by atoms with E-state index in [-0.39, 0.29) is 24.6 Å². The average Bonchev–Trinajstić information content (AvgIpc) is 2.70.